The van der Waals surface area contributed by atoms with Crippen LogP contribution < -0.4 is 0 Å². The molecule has 0 radical (unpaired) electrons. The van der Waals surface area contributed by atoms with Crippen LogP contribution in [0.25, 0.3) is 0 Å². The Bertz CT molecular complexity index is 293. The zero-order chi connectivity index (χ0) is 14.1. The summed E-state index contributed by atoms with van der Waals surface area (Å²) in [5, 5.41) is 9.16. The number of carbonyl (C=O) groups is 2. The van der Waals surface area contributed by atoms with Crippen molar-refractivity contribution in [2.75, 3.05) is 19.8 Å². The number of rotatable bonds is 9. The van der Waals surface area contributed by atoms with Crippen LogP contribution in [0.5, 0.6) is 0 Å². The van der Waals surface area contributed by atoms with Crippen molar-refractivity contribution in [1.82, 2.24) is 4.90 Å². The summed E-state index contributed by atoms with van der Waals surface area (Å²) in [5.74, 6) is 0.0307. The van der Waals surface area contributed by atoms with Gasteiger partial charge in [-0.1, -0.05) is 12.8 Å². The van der Waals surface area contributed by atoms with E-state index in [4.69, 9.17) is 9.84 Å². The summed E-state index contributed by atoms with van der Waals surface area (Å²) in [4.78, 5) is 24.5. The fraction of sp³-hybridized carbons (Fsp3) is 0.857. The molecule has 0 aliphatic carbocycles. The number of unbranched alkanes of at least 4 members (excludes halogenated alkanes) is 3. The smallest absolute Gasteiger partial charge is 0.305 e. The van der Waals surface area contributed by atoms with E-state index in [0.29, 0.717) is 19.4 Å². The topological polar surface area (TPSA) is 66.8 Å². The quantitative estimate of drug-likeness (QED) is 0.509. The number of carbonyl (C=O) groups excluding carboxylic acids is 2. The molecule has 0 aromatic rings. The van der Waals surface area contributed by atoms with Gasteiger partial charge in [-0.25, -0.2) is 0 Å². The third-order valence-corrected chi connectivity index (χ3v) is 3.50. The Morgan fingerprint density at radius 2 is 2.11 bits per heavy atom. The lowest BCUT2D eigenvalue weighted by molar-refractivity contribution is -0.143. The second kappa shape index (κ2) is 8.91. The van der Waals surface area contributed by atoms with Crippen molar-refractivity contribution in [3.8, 4) is 0 Å². The Kier molecular flexibility index (Phi) is 7.48. The first-order valence-corrected chi connectivity index (χ1v) is 7.25. The molecule has 1 rings (SSSR count). The molecule has 1 fully saturated rings. The number of ether oxygens (including phenoxy) is 1. The van der Waals surface area contributed by atoms with E-state index in [1.807, 2.05) is 6.92 Å². The largest absolute Gasteiger partial charge is 0.466 e. The summed E-state index contributed by atoms with van der Waals surface area (Å²) in [7, 11) is 0. The van der Waals surface area contributed by atoms with Crippen molar-refractivity contribution < 1.29 is 19.4 Å². The van der Waals surface area contributed by atoms with Gasteiger partial charge in [0.15, 0.2) is 0 Å². The van der Waals surface area contributed by atoms with Crippen LogP contribution in [0.4, 0.5) is 0 Å². The lowest BCUT2D eigenvalue weighted by atomic mass is 10.1. The predicted octanol–water partition coefficient (Wildman–Crippen LogP) is 1.48. The Morgan fingerprint density at radius 1 is 1.37 bits per heavy atom. The Labute approximate surface area is 114 Å². The molecule has 0 saturated carbocycles. The lowest BCUT2D eigenvalue weighted by Gasteiger charge is -2.22. The summed E-state index contributed by atoms with van der Waals surface area (Å²) in [6, 6.07) is 0.0204. The van der Waals surface area contributed by atoms with Gasteiger partial charge in [0, 0.05) is 19.4 Å². The van der Waals surface area contributed by atoms with E-state index in [0.717, 1.165) is 38.6 Å². The molecule has 1 atom stereocenters. The number of hydrogen-bond donors (Lipinski definition) is 1. The van der Waals surface area contributed by atoms with E-state index in [9.17, 15) is 9.59 Å². The number of aliphatic hydroxyl groups is 1. The number of esters is 1. The van der Waals surface area contributed by atoms with Crippen molar-refractivity contribution in [3.63, 3.8) is 0 Å². The zero-order valence-electron chi connectivity index (χ0n) is 11.8. The minimum atomic E-state index is -0.127. The molecule has 5 heteroatoms. The van der Waals surface area contributed by atoms with Gasteiger partial charge in [0.2, 0.25) is 5.91 Å². The van der Waals surface area contributed by atoms with Crippen LogP contribution in [0.15, 0.2) is 0 Å². The first-order chi connectivity index (χ1) is 9.19. The maximum absolute atomic E-state index is 11.6. The highest BCUT2D eigenvalue weighted by Crippen LogP contribution is 2.19. The monoisotopic (exact) mass is 271 g/mol. The fourth-order valence-electron chi connectivity index (χ4n) is 2.43. The Balaban J connectivity index is 2.04. The maximum Gasteiger partial charge on any atom is 0.305 e. The van der Waals surface area contributed by atoms with E-state index in [2.05, 4.69) is 0 Å². The van der Waals surface area contributed by atoms with Gasteiger partial charge in [0.05, 0.1) is 19.3 Å². The van der Waals surface area contributed by atoms with Gasteiger partial charge in [0.1, 0.15) is 0 Å². The van der Waals surface area contributed by atoms with Crippen molar-refractivity contribution >= 4 is 11.9 Å². The second-order valence-electron chi connectivity index (χ2n) is 4.93. The molecule has 1 aliphatic rings. The minimum Gasteiger partial charge on any atom is -0.466 e. The molecular formula is C14H25NO4. The number of likely N-dealkylation sites (tertiary alicyclic amines) is 1. The molecule has 110 valence electrons. The molecule has 1 aliphatic heterocycles. The van der Waals surface area contributed by atoms with Gasteiger partial charge in [-0.3, -0.25) is 9.59 Å². The van der Waals surface area contributed by atoms with Crippen LogP contribution in [0, 0.1) is 0 Å². The zero-order valence-corrected chi connectivity index (χ0v) is 11.8. The molecule has 1 saturated heterocycles. The van der Waals surface area contributed by atoms with Gasteiger partial charge in [-0.2, -0.15) is 0 Å². The third-order valence-electron chi connectivity index (χ3n) is 3.50. The fourth-order valence-corrected chi connectivity index (χ4v) is 2.43. The number of amides is 1. The third kappa shape index (κ3) is 5.59. The van der Waals surface area contributed by atoms with E-state index >= 15 is 0 Å². The van der Waals surface area contributed by atoms with Crippen LogP contribution >= 0.6 is 0 Å². The predicted molar refractivity (Wildman–Crippen MR) is 71.5 cm³/mol. The molecule has 1 heterocycles. The van der Waals surface area contributed by atoms with Gasteiger partial charge in [0.25, 0.3) is 0 Å². The highest BCUT2D eigenvalue weighted by molar-refractivity contribution is 5.78. The Morgan fingerprint density at radius 3 is 2.79 bits per heavy atom. The molecular weight excluding hydrogens is 246 g/mol. The first kappa shape index (κ1) is 16.0. The second-order valence-corrected chi connectivity index (χ2v) is 4.93. The van der Waals surface area contributed by atoms with Crippen molar-refractivity contribution in [2.45, 2.75) is 57.9 Å². The molecule has 0 bridgehead atoms. The van der Waals surface area contributed by atoms with Crippen LogP contribution in [0.3, 0.4) is 0 Å². The Hall–Kier alpha value is -1.10. The molecule has 0 aromatic heterocycles. The normalized spacial score (nSPS) is 18.9. The summed E-state index contributed by atoms with van der Waals surface area (Å²) < 4.78 is 4.85. The number of hydrogen-bond acceptors (Lipinski definition) is 4. The van der Waals surface area contributed by atoms with Gasteiger partial charge in [-0.05, 0) is 26.2 Å². The molecule has 0 spiro atoms. The average molecular weight is 271 g/mol. The van der Waals surface area contributed by atoms with E-state index in [-0.39, 0.29) is 24.5 Å². The van der Waals surface area contributed by atoms with E-state index in [1.54, 1.807) is 4.90 Å². The van der Waals surface area contributed by atoms with Gasteiger partial charge in [-0.15, -0.1) is 0 Å². The van der Waals surface area contributed by atoms with Gasteiger partial charge < -0.3 is 14.7 Å². The van der Waals surface area contributed by atoms with Crippen LogP contribution in [0.1, 0.15) is 51.9 Å². The standard InChI is InChI=1S/C14H25NO4/c1-2-19-14(18)7-5-3-4-6-10-15-12(11-16)8-9-13(15)17/h12,16H,2-11H2,1H3/t12-/m0/s1. The van der Waals surface area contributed by atoms with Gasteiger partial charge >= 0.3 is 5.97 Å². The molecule has 0 aromatic carbocycles. The average Bonchev–Trinajstić information content (AvgIpc) is 2.75. The minimum absolute atomic E-state index is 0.0204. The van der Waals surface area contributed by atoms with E-state index < -0.39 is 0 Å². The lowest BCUT2D eigenvalue weighted by Crippen LogP contribution is -2.36. The van der Waals surface area contributed by atoms with Crippen LogP contribution in [-0.2, 0) is 14.3 Å². The molecule has 0 unspecified atom stereocenters. The highest BCUT2D eigenvalue weighted by Gasteiger charge is 2.29. The maximum atomic E-state index is 11.6. The van der Waals surface area contributed by atoms with Crippen molar-refractivity contribution in [3.05, 3.63) is 0 Å². The summed E-state index contributed by atoms with van der Waals surface area (Å²) in [6.07, 6.45) is 5.58. The first-order valence-electron chi connectivity index (χ1n) is 7.25. The molecule has 5 nitrogen and oxygen atoms in total. The van der Waals surface area contributed by atoms with Crippen LogP contribution in [-0.4, -0.2) is 47.7 Å². The van der Waals surface area contributed by atoms with Crippen molar-refractivity contribution in [2.24, 2.45) is 0 Å². The molecule has 19 heavy (non-hydrogen) atoms. The van der Waals surface area contributed by atoms with Crippen LogP contribution in [0.2, 0.25) is 0 Å². The number of aliphatic hydroxyl groups excluding tert-OH is 1. The highest BCUT2D eigenvalue weighted by atomic mass is 16.5. The molecule has 1 amide bonds. The summed E-state index contributed by atoms with van der Waals surface area (Å²) in [5.41, 5.74) is 0. The molecule has 1 N–H and O–H groups in total. The van der Waals surface area contributed by atoms with E-state index in [1.165, 1.54) is 0 Å². The summed E-state index contributed by atoms with van der Waals surface area (Å²) in [6.45, 7) is 3.04. The summed E-state index contributed by atoms with van der Waals surface area (Å²) >= 11 is 0. The van der Waals surface area contributed by atoms with Crippen molar-refractivity contribution in [1.29, 1.82) is 0 Å². The number of nitrogens with zero attached hydrogens (tertiary/aromatic N) is 1. The SMILES string of the molecule is CCOC(=O)CCCCCCN1C(=O)CC[C@H]1CO.